The van der Waals surface area contributed by atoms with Crippen molar-refractivity contribution >= 4 is 55.3 Å². The molecule has 0 fully saturated rings. The van der Waals surface area contributed by atoms with E-state index >= 15 is 0 Å². The maximum atomic E-state index is 6.12. The quantitative estimate of drug-likeness (QED) is 0.226. The summed E-state index contributed by atoms with van der Waals surface area (Å²) in [5, 5.41) is 10.2. The Bertz CT molecular complexity index is 2470. The zero-order valence-electron chi connectivity index (χ0n) is 24.2. The van der Waals surface area contributed by atoms with Crippen LogP contribution in [0.5, 0.6) is 0 Å². The molecule has 0 aliphatic carbocycles. The summed E-state index contributed by atoms with van der Waals surface area (Å²) < 4.78 is 6.12. The summed E-state index contributed by atoms with van der Waals surface area (Å²) in [5.74, 6) is 1.50. The van der Waals surface area contributed by atoms with Gasteiger partial charge in [0.1, 0.15) is 17.3 Å². The van der Waals surface area contributed by atoms with Crippen LogP contribution in [0.3, 0.4) is 0 Å². The van der Waals surface area contributed by atoms with Crippen molar-refractivity contribution in [3.8, 4) is 11.1 Å². The molecule has 5 heteroatoms. The van der Waals surface area contributed by atoms with E-state index in [0.29, 0.717) is 5.71 Å². The lowest BCUT2D eigenvalue weighted by molar-refractivity contribution is 0.654. The molecule has 0 saturated heterocycles. The van der Waals surface area contributed by atoms with Gasteiger partial charge >= 0.3 is 0 Å². The second-order valence-corrected chi connectivity index (χ2v) is 11.3. The molecule has 9 rings (SSSR count). The van der Waals surface area contributed by atoms with Crippen LogP contribution in [-0.2, 0) is 0 Å². The number of hydrogen-bond acceptors (Lipinski definition) is 5. The van der Waals surface area contributed by atoms with E-state index < -0.39 is 6.17 Å². The number of nitrogens with zero attached hydrogens (tertiary/aromatic N) is 3. The van der Waals surface area contributed by atoms with Gasteiger partial charge in [0.15, 0.2) is 6.17 Å². The third-order valence-corrected chi connectivity index (χ3v) is 8.57. The van der Waals surface area contributed by atoms with Crippen LogP contribution in [0.2, 0.25) is 0 Å². The van der Waals surface area contributed by atoms with Crippen molar-refractivity contribution in [3.63, 3.8) is 0 Å². The van der Waals surface area contributed by atoms with Gasteiger partial charge in [0.05, 0.1) is 5.39 Å². The fourth-order valence-corrected chi connectivity index (χ4v) is 6.30. The van der Waals surface area contributed by atoms with E-state index in [-0.39, 0.29) is 0 Å². The zero-order chi connectivity index (χ0) is 29.7. The van der Waals surface area contributed by atoms with E-state index in [9.17, 15) is 0 Å². The number of rotatable bonds is 4. The van der Waals surface area contributed by atoms with Gasteiger partial charge < -0.3 is 9.73 Å². The Balaban J connectivity index is 1.18. The van der Waals surface area contributed by atoms with Gasteiger partial charge in [-0.05, 0) is 68.6 Å². The van der Waals surface area contributed by atoms with Crippen LogP contribution in [0.15, 0.2) is 160 Å². The van der Waals surface area contributed by atoms with E-state index in [1.165, 1.54) is 21.9 Å². The Morgan fingerprint density at radius 2 is 1.22 bits per heavy atom. The maximum absolute atomic E-state index is 6.12. The van der Waals surface area contributed by atoms with E-state index in [4.69, 9.17) is 14.4 Å². The molecule has 1 unspecified atom stereocenters. The highest BCUT2D eigenvalue weighted by atomic mass is 16.3. The van der Waals surface area contributed by atoms with Gasteiger partial charge in [0.2, 0.25) is 5.71 Å². The molecule has 1 aliphatic heterocycles. The number of nitrogens with one attached hydrogen (secondary N) is 1. The van der Waals surface area contributed by atoms with Crippen LogP contribution in [-0.4, -0.2) is 16.7 Å². The third-order valence-electron chi connectivity index (χ3n) is 8.57. The van der Waals surface area contributed by atoms with Gasteiger partial charge in [-0.15, -0.1) is 0 Å². The van der Waals surface area contributed by atoms with E-state index in [1.807, 2.05) is 30.3 Å². The summed E-state index contributed by atoms with van der Waals surface area (Å²) in [7, 11) is 0. The van der Waals surface area contributed by atoms with Crippen LogP contribution in [0, 0.1) is 0 Å². The van der Waals surface area contributed by atoms with Gasteiger partial charge in [-0.1, -0.05) is 109 Å². The van der Waals surface area contributed by atoms with Gasteiger partial charge in [-0.2, -0.15) is 0 Å². The number of hydrogen-bond donors (Lipinski definition) is 1. The Labute approximate surface area is 259 Å². The van der Waals surface area contributed by atoms with Crippen LogP contribution in [0.1, 0.15) is 22.9 Å². The molecule has 6 aromatic carbocycles. The molecule has 45 heavy (non-hydrogen) atoms. The number of aliphatic imine (C=N–C) groups is 2. The van der Waals surface area contributed by atoms with Crippen molar-refractivity contribution < 1.29 is 4.42 Å². The molecule has 5 nitrogen and oxygen atoms in total. The van der Waals surface area contributed by atoms with Crippen molar-refractivity contribution in [1.29, 1.82) is 0 Å². The fourth-order valence-electron chi connectivity index (χ4n) is 6.30. The number of aromatic nitrogens is 1. The first-order chi connectivity index (χ1) is 22.3. The molecule has 2 aromatic heterocycles. The van der Waals surface area contributed by atoms with Crippen molar-refractivity contribution in [1.82, 2.24) is 10.3 Å². The van der Waals surface area contributed by atoms with Crippen molar-refractivity contribution in [3.05, 3.63) is 162 Å². The Morgan fingerprint density at radius 1 is 0.533 bits per heavy atom. The number of para-hydroxylation sites is 1. The first kappa shape index (κ1) is 25.4. The van der Waals surface area contributed by atoms with Crippen LogP contribution in [0.4, 0.5) is 0 Å². The lowest BCUT2D eigenvalue weighted by Gasteiger charge is -2.23. The molecule has 1 aliphatic rings. The Hall–Kier alpha value is -6.07. The van der Waals surface area contributed by atoms with E-state index in [2.05, 4.69) is 119 Å². The van der Waals surface area contributed by atoms with Crippen molar-refractivity contribution in [2.75, 3.05) is 0 Å². The largest absolute Gasteiger partial charge is 0.438 e. The standard InChI is InChI=1S/C40H26N4O/c1-2-8-25(9-3-1)28-15-16-30-24-32(19-17-29(30)22-28)38-42-37(31-18-14-26-10-4-5-11-27(26)23-31)43-39(44-38)34-20-21-41-40-36(34)33-12-6-7-13-35(33)45-40/h1-24,37H,(H,42,43,44). The highest BCUT2D eigenvalue weighted by molar-refractivity contribution is 6.23. The van der Waals surface area contributed by atoms with Crippen LogP contribution >= 0.6 is 0 Å². The fraction of sp³-hybridized carbons (Fsp3) is 0.0250. The molecule has 1 N–H and O–H groups in total. The SMILES string of the molecule is c1ccc(-c2ccc3cc(C4=NC(c5ccc6ccccc6c5)N=C(c5ccnc6oc7ccccc7c56)N4)ccc3c2)cc1. The highest BCUT2D eigenvalue weighted by Crippen LogP contribution is 2.33. The van der Waals surface area contributed by atoms with Crippen molar-refractivity contribution in [2.24, 2.45) is 9.98 Å². The number of amidine groups is 2. The van der Waals surface area contributed by atoms with Crippen molar-refractivity contribution in [2.45, 2.75) is 6.17 Å². The Morgan fingerprint density at radius 3 is 2.11 bits per heavy atom. The maximum Gasteiger partial charge on any atom is 0.228 e. The molecule has 1 atom stereocenters. The van der Waals surface area contributed by atoms with Gasteiger partial charge in [0, 0.05) is 22.7 Å². The predicted octanol–water partition coefficient (Wildman–Crippen LogP) is 9.45. The average molecular weight is 579 g/mol. The topological polar surface area (TPSA) is 62.8 Å². The first-order valence-corrected chi connectivity index (χ1v) is 15.0. The molecule has 0 saturated carbocycles. The molecule has 3 heterocycles. The minimum Gasteiger partial charge on any atom is -0.438 e. The molecule has 0 bridgehead atoms. The first-order valence-electron chi connectivity index (χ1n) is 15.0. The van der Waals surface area contributed by atoms with Crippen LogP contribution in [0.25, 0.3) is 54.7 Å². The second kappa shape index (κ2) is 10.3. The lowest BCUT2D eigenvalue weighted by Crippen LogP contribution is -2.36. The summed E-state index contributed by atoms with van der Waals surface area (Å²) in [6.07, 6.45) is 1.35. The number of fused-ring (bicyclic) bond motifs is 5. The lowest BCUT2D eigenvalue weighted by atomic mass is 9.99. The predicted molar refractivity (Wildman–Crippen MR) is 184 cm³/mol. The summed E-state index contributed by atoms with van der Waals surface area (Å²) in [4.78, 5) is 14.9. The number of furan rings is 1. The summed E-state index contributed by atoms with van der Waals surface area (Å²) in [6.45, 7) is 0. The van der Waals surface area contributed by atoms with Gasteiger partial charge in [-0.25, -0.2) is 15.0 Å². The summed E-state index contributed by atoms with van der Waals surface area (Å²) >= 11 is 0. The summed E-state index contributed by atoms with van der Waals surface area (Å²) in [6, 6.07) is 48.5. The molecule has 0 spiro atoms. The monoisotopic (exact) mass is 578 g/mol. The molecule has 0 amide bonds. The number of benzene rings is 6. The number of pyridine rings is 1. The normalized spacial score (nSPS) is 14.9. The Kier molecular flexibility index (Phi) is 5.81. The molecule has 8 aromatic rings. The zero-order valence-corrected chi connectivity index (χ0v) is 24.2. The smallest absolute Gasteiger partial charge is 0.228 e. The van der Waals surface area contributed by atoms with E-state index in [1.54, 1.807) is 6.20 Å². The molecular weight excluding hydrogens is 552 g/mol. The summed E-state index contributed by atoms with van der Waals surface area (Å²) in [5.41, 5.74) is 6.74. The molecule has 212 valence electrons. The molecular formula is C40H26N4O. The van der Waals surface area contributed by atoms with Gasteiger partial charge in [-0.3, -0.25) is 0 Å². The minimum absolute atomic E-state index is 0.432. The second-order valence-electron chi connectivity index (χ2n) is 11.3. The third kappa shape index (κ3) is 4.45. The minimum atomic E-state index is -0.432. The van der Waals surface area contributed by atoms with Gasteiger partial charge in [0.25, 0.3) is 0 Å². The van der Waals surface area contributed by atoms with E-state index in [0.717, 1.165) is 55.5 Å². The highest BCUT2D eigenvalue weighted by Gasteiger charge is 2.24. The molecule has 0 radical (unpaired) electrons. The van der Waals surface area contributed by atoms with Crippen LogP contribution < -0.4 is 5.32 Å². The average Bonchev–Trinajstić information content (AvgIpc) is 3.50.